The lowest BCUT2D eigenvalue weighted by atomic mass is 10.2. The molecule has 16 heavy (non-hydrogen) atoms. The van der Waals surface area contributed by atoms with Crippen molar-refractivity contribution >= 4 is 15.9 Å². The van der Waals surface area contributed by atoms with E-state index in [0.717, 1.165) is 29.7 Å². The van der Waals surface area contributed by atoms with Gasteiger partial charge in [-0.2, -0.15) is 0 Å². The molecule has 0 radical (unpaired) electrons. The lowest BCUT2D eigenvalue weighted by Gasteiger charge is -2.16. The van der Waals surface area contributed by atoms with Gasteiger partial charge in [0.15, 0.2) is 0 Å². The van der Waals surface area contributed by atoms with Gasteiger partial charge in [-0.15, -0.1) is 0 Å². The highest BCUT2D eigenvalue weighted by molar-refractivity contribution is 9.10. The summed E-state index contributed by atoms with van der Waals surface area (Å²) in [4.78, 5) is 2.18. The van der Waals surface area contributed by atoms with Crippen molar-refractivity contribution in [1.82, 2.24) is 4.90 Å². The Kier molecular flexibility index (Phi) is 5.80. The van der Waals surface area contributed by atoms with E-state index in [9.17, 15) is 0 Å². The molecule has 0 aliphatic rings. The van der Waals surface area contributed by atoms with Gasteiger partial charge in [-0.25, -0.2) is 0 Å². The highest BCUT2D eigenvalue weighted by Gasteiger charge is 2.04. The van der Waals surface area contributed by atoms with E-state index in [1.165, 1.54) is 5.56 Å². The van der Waals surface area contributed by atoms with Crippen LogP contribution >= 0.6 is 15.9 Å². The summed E-state index contributed by atoms with van der Waals surface area (Å²) in [5.41, 5.74) is 1.23. The van der Waals surface area contributed by atoms with Gasteiger partial charge in [0.05, 0.1) is 11.6 Å². The van der Waals surface area contributed by atoms with Gasteiger partial charge >= 0.3 is 0 Å². The van der Waals surface area contributed by atoms with Crippen molar-refractivity contribution in [3.05, 3.63) is 28.2 Å². The predicted octanol–water partition coefficient (Wildman–Crippen LogP) is 2.27. The number of hydrogen-bond donors (Lipinski definition) is 1. The number of rotatable bonds is 6. The zero-order valence-electron chi connectivity index (χ0n) is 9.74. The average Bonchev–Trinajstić information content (AvgIpc) is 2.26. The maximum Gasteiger partial charge on any atom is 0.133 e. The van der Waals surface area contributed by atoms with Crippen LogP contribution in [0, 0.1) is 0 Å². The Hall–Kier alpha value is -0.580. The summed E-state index contributed by atoms with van der Waals surface area (Å²) in [5, 5.41) is 8.74. The molecule has 0 atom stereocenters. The molecule has 0 bridgehead atoms. The Balaban J connectivity index is 2.57. The molecule has 1 N–H and O–H groups in total. The number of aliphatic hydroxyl groups is 1. The first-order chi connectivity index (χ1) is 7.67. The summed E-state index contributed by atoms with van der Waals surface area (Å²) in [5.74, 6) is 0.849. The normalized spacial score (nSPS) is 10.8. The lowest BCUT2D eigenvalue weighted by Crippen LogP contribution is -2.19. The van der Waals surface area contributed by atoms with Crippen LogP contribution in [0.3, 0.4) is 0 Å². The molecule has 0 fully saturated rings. The van der Waals surface area contributed by atoms with E-state index in [1.807, 2.05) is 13.1 Å². The third kappa shape index (κ3) is 4.12. The molecule has 1 aromatic carbocycles. The molecule has 0 saturated heterocycles. The van der Waals surface area contributed by atoms with Crippen LogP contribution in [-0.2, 0) is 6.54 Å². The Bertz CT molecular complexity index is 331. The first-order valence-corrected chi connectivity index (χ1v) is 6.08. The zero-order valence-corrected chi connectivity index (χ0v) is 11.3. The fraction of sp³-hybridized carbons (Fsp3) is 0.500. The molecule has 0 spiro atoms. The van der Waals surface area contributed by atoms with Crippen molar-refractivity contribution in [2.24, 2.45) is 0 Å². The van der Waals surface area contributed by atoms with E-state index in [0.29, 0.717) is 0 Å². The maximum absolute atomic E-state index is 8.74. The van der Waals surface area contributed by atoms with E-state index in [2.05, 4.69) is 33.0 Å². The first kappa shape index (κ1) is 13.5. The van der Waals surface area contributed by atoms with E-state index in [-0.39, 0.29) is 6.61 Å². The van der Waals surface area contributed by atoms with Gasteiger partial charge in [-0.3, -0.25) is 0 Å². The van der Waals surface area contributed by atoms with Crippen LogP contribution in [0.2, 0.25) is 0 Å². The quantitative estimate of drug-likeness (QED) is 0.871. The highest BCUT2D eigenvalue weighted by Crippen LogP contribution is 2.25. The standard InChI is InChI=1S/C12H18BrNO2/c1-14(6-3-7-15)9-10-4-5-12(16-2)11(13)8-10/h4-5,8,15H,3,6-7,9H2,1-2H3. The molecule has 90 valence electrons. The first-order valence-electron chi connectivity index (χ1n) is 5.29. The van der Waals surface area contributed by atoms with Crippen LogP contribution in [0.15, 0.2) is 22.7 Å². The highest BCUT2D eigenvalue weighted by atomic mass is 79.9. The second kappa shape index (κ2) is 6.89. The van der Waals surface area contributed by atoms with Crippen molar-refractivity contribution in [3.8, 4) is 5.75 Å². The van der Waals surface area contributed by atoms with Crippen LogP contribution in [0.1, 0.15) is 12.0 Å². The second-order valence-electron chi connectivity index (χ2n) is 3.78. The number of methoxy groups -OCH3 is 1. The van der Waals surface area contributed by atoms with Crippen molar-refractivity contribution in [3.63, 3.8) is 0 Å². The molecule has 3 nitrogen and oxygen atoms in total. The minimum Gasteiger partial charge on any atom is -0.496 e. The third-order valence-electron chi connectivity index (χ3n) is 2.37. The van der Waals surface area contributed by atoms with Gasteiger partial charge < -0.3 is 14.7 Å². The summed E-state index contributed by atoms with van der Waals surface area (Å²) < 4.78 is 6.15. The number of benzene rings is 1. The zero-order chi connectivity index (χ0) is 12.0. The fourth-order valence-electron chi connectivity index (χ4n) is 1.54. The van der Waals surface area contributed by atoms with Crippen molar-refractivity contribution in [2.45, 2.75) is 13.0 Å². The van der Waals surface area contributed by atoms with Gasteiger partial charge in [0.1, 0.15) is 5.75 Å². The van der Waals surface area contributed by atoms with Crippen molar-refractivity contribution in [2.75, 3.05) is 27.3 Å². The molecule has 0 aliphatic heterocycles. The molecular formula is C12H18BrNO2. The third-order valence-corrected chi connectivity index (χ3v) is 2.99. The molecule has 0 amide bonds. The van der Waals surface area contributed by atoms with E-state index in [4.69, 9.17) is 9.84 Å². The summed E-state index contributed by atoms with van der Waals surface area (Å²) in [6.45, 7) is 2.03. The molecule has 0 saturated carbocycles. The lowest BCUT2D eigenvalue weighted by molar-refractivity contribution is 0.244. The molecule has 1 rings (SSSR count). The minimum absolute atomic E-state index is 0.247. The Morgan fingerprint density at radius 1 is 1.44 bits per heavy atom. The predicted molar refractivity (Wildman–Crippen MR) is 68.7 cm³/mol. The van der Waals surface area contributed by atoms with Crippen LogP contribution in [0.25, 0.3) is 0 Å². The summed E-state index contributed by atoms with van der Waals surface area (Å²) in [6.07, 6.45) is 0.813. The Labute approximate surface area is 105 Å². The van der Waals surface area contributed by atoms with Gasteiger partial charge in [0.2, 0.25) is 0 Å². The SMILES string of the molecule is COc1ccc(CN(C)CCCO)cc1Br. The smallest absolute Gasteiger partial charge is 0.133 e. The molecule has 1 aromatic rings. The van der Waals surface area contributed by atoms with Gasteiger partial charge in [-0.05, 0) is 47.1 Å². The van der Waals surface area contributed by atoms with Crippen molar-refractivity contribution in [1.29, 1.82) is 0 Å². The topological polar surface area (TPSA) is 32.7 Å². The second-order valence-corrected chi connectivity index (χ2v) is 4.64. The Morgan fingerprint density at radius 3 is 2.75 bits per heavy atom. The van der Waals surface area contributed by atoms with E-state index >= 15 is 0 Å². The molecule has 0 aromatic heterocycles. The summed E-state index contributed by atoms with van der Waals surface area (Å²) in [7, 11) is 3.71. The fourth-order valence-corrected chi connectivity index (χ4v) is 2.13. The summed E-state index contributed by atoms with van der Waals surface area (Å²) >= 11 is 3.47. The van der Waals surface area contributed by atoms with Crippen LogP contribution in [-0.4, -0.2) is 37.3 Å². The van der Waals surface area contributed by atoms with Crippen LogP contribution in [0.5, 0.6) is 5.75 Å². The van der Waals surface area contributed by atoms with E-state index in [1.54, 1.807) is 7.11 Å². The average molecular weight is 288 g/mol. The van der Waals surface area contributed by atoms with Crippen LogP contribution in [0.4, 0.5) is 0 Å². The van der Waals surface area contributed by atoms with Gasteiger partial charge in [0, 0.05) is 19.7 Å². The molecule has 0 aliphatic carbocycles. The maximum atomic E-state index is 8.74. The van der Waals surface area contributed by atoms with Gasteiger partial charge in [0.25, 0.3) is 0 Å². The molecule has 4 heteroatoms. The van der Waals surface area contributed by atoms with E-state index < -0.39 is 0 Å². The van der Waals surface area contributed by atoms with Gasteiger partial charge in [-0.1, -0.05) is 6.07 Å². The molecular weight excluding hydrogens is 270 g/mol. The largest absolute Gasteiger partial charge is 0.496 e. The molecule has 0 unspecified atom stereocenters. The number of ether oxygens (including phenoxy) is 1. The monoisotopic (exact) mass is 287 g/mol. The number of aliphatic hydroxyl groups excluding tert-OH is 1. The summed E-state index contributed by atoms with van der Waals surface area (Å²) in [6, 6.07) is 6.08. The Morgan fingerprint density at radius 2 is 2.19 bits per heavy atom. The molecule has 0 heterocycles. The minimum atomic E-state index is 0.247. The number of nitrogens with zero attached hydrogens (tertiary/aromatic N) is 1. The number of hydrogen-bond acceptors (Lipinski definition) is 3. The van der Waals surface area contributed by atoms with Crippen molar-refractivity contribution < 1.29 is 9.84 Å². The number of halogens is 1. The van der Waals surface area contributed by atoms with Crippen LogP contribution < -0.4 is 4.74 Å².